The van der Waals surface area contributed by atoms with E-state index in [2.05, 4.69) is 14.9 Å². The van der Waals surface area contributed by atoms with Gasteiger partial charge in [0.05, 0.1) is 6.54 Å². The van der Waals surface area contributed by atoms with Gasteiger partial charge in [-0.1, -0.05) is 12.8 Å². The highest BCUT2D eigenvalue weighted by atomic mass is 32.2. The topological polar surface area (TPSA) is 89.6 Å². The van der Waals surface area contributed by atoms with Crippen LogP contribution in [-0.4, -0.2) is 84.2 Å². The van der Waals surface area contributed by atoms with Gasteiger partial charge in [-0.05, 0) is 25.0 Å². The average molecular weight is 406 g/mol. The molecule has 0 bridgehead atoms. The quantitative estimate of drug-likeness (QED) is 0.827. The molecular formula is C19H27N5O3S. The third kappa shape index (κ3) is 3.92. The number of amides is 1. The number of carbonyl (C=O) groups is 1. The van der Waals surface area contributed by atoms with E-state index in [4.69, 9.17) is 0 Å². The van der Waals surface area contributed by atoms with Gasteiger partial charge in [-0.2, -0.15) is 4.31 Å². The fourth-order valence-corrected chi connectivity index (χ4v) is 5.60. The molecule has 2 aromatic heterocycles. The van der Waals surface area contributed by atoms with Crippen LogP contribution >= 0.6 is 0 Å². The van der Waals surface area contributed by atoms with Crippen molar-refractivity contribution in [3.63, 3.8) is 0 Å². The van der Waals surface area contributed by atoms with Gasteiger partial charge in [0.1, 0.15) is 10.5 Å². The number of nitrogens with zero attached hydrogens (tertiary/aromatic N) is 4. The molecule has 0 spiro atoms. The number of H-pyrrole nitrogens is 1. The molecule has 152 valence electrons. The zero-order valence-corrected chi connectivity index (χ0v) is 16.8. The Morgan fingerprint density at radius 2 is 1.75 bits per heavy atom. The smallest absolute Gasteiger partial charge is 0.245 e. The number of aromatic nitrogens is 2. The molecule has 0 aromatic carbocycles. The van der Waals surface area contributed by atoms with E-state index in [1.165, 1.54) is 23.3 Å². The SMILES string of the molecule is O=C(CN1CCN(S(=O)(=O)c2c[nH]c3ncccc23)CC1)N1CCCCCC1. The van der Waals surface area contributed by atoms with E-state index in [1.54, 1.807) is 18.3 Å². The van der Waals surface area contributed by atoms with Crippen molar-refractivity contribution in [3.8, 4) is 0 Å². The van der Waals surface area contributed by atoms with E-state index >= 15 is 0 Å². The molecular weight excluding hydrogens is 378 g/mol. The monoisotopic (exact) mass is 405 g/mol. The van der Waals surface area contributed by atoms with Crippen molar-refractivity contribution in [2.75, 3.05) is 45.8 Å². The van der Waals surface area contributed by atoms with Crippen LogP contribution in [0.2, 0.25) is 0 Å². The number of carbonyl (C=O) groups excluding carboxylic acids is 1. The molecule has 0 atom stereocenters. The van der Waals surface area contributed by atoms with Gasteiger partial charge < -0.3 is 9.88 Å². The molecule has 2 aliphatic heterocycles. The maximum absolute atomic E-state index is 13.1. The van der Waals surface area contributed by atoms with Gasteiger partial charge in [0.25, 0.3) is 0 Å². The van der Waals surface area contributed by atoms with Crippen LogP contribution in [0.5, 0.6) is 0 Å². The third-order valence-electron chi connectivity index (χ3n) is 5.68. The summed E-state index contributed by atoms with van der Waals surface area (Å²) in [5.41, 5.74) is 0.572. The number of pyridine rings is 1. The summed E-state index contributed by atoms with van der Waals surface area (Å²) < 4.78 is 27.6. The Kier molecular flexibility index (Phi) is 5.65. The van der Waals surface area contributed by atoms with Crippen molar-refractivity contribution in [2.45, 2.75) is 30.6 Å². The second-order valence-corrected chi connectivity index (χ2v) is 9.43. The Labute approximate surface area is 165 Å². The first-order valence-electron chi connectivity index (χ1n) is 9.98. The van der Waals surface area contributed by atoms with Crippen molar-refractivity contribution in [2.24, 2.45) is 0 Å². The predicted molar refractivity (Wildman–Crippen MR) is 106 cm³/mol. The van der Waals surface area contributed by atoms with E-state index in [1.807, 2.05) is 4.90 Å². The van der Waals surface area contributed by atoms with E-state index in [0.717, 1.165) is 25.9 Å². The fourth-order valence-electron chi connectivity index (χ4n) is 4.02. The zero-order valence-electron chi connectivity index (χ0n) is 16.0. The summed E-state index contributed by atoms with van der Waals surface area (Å²) in [6, 6.07) is 3.50. The summed E-state index contributed by atoms with van der Waals surface area (Å²) in [5, 5.41) is 0.612. The first-order chi connectivity index (χ1) is 13.6. The summed E-state index contributed by atoms with van der Waals surface area (Å²) in [4.78, 5) is 24.0. The highest BCUT2D eigenvalue weighted by Gasteiger charge is 2.31. The Morgan fingerprint density at radius 3 is 2.46 bits per heavy atom. The van der Waals surface area contributed by atoms with Crippen LogP contribution in [0, 0.1) is 0 Å². The second kappa shape index (κ2) is 8.18. The Bertz CT molecular complexity index is 926. The highest BCUT2D eigenvalue weighted by molar-refractivity contribution is 7.89. The molecule has 4 rings (SSSR count). The molecule has 2 aliphatic rings. The van der Waals surface area contributed by atoms with Crippen molar-refractivity contribution in [1.82, 2.24) is 24.1 Å². The number of hydrogen-bond donors (Lipinski definition) is 1. The summed E-state index contributed by atoms with van der Waals surface area (Å²) in [7, 11) is -3.58. The van der Waals surface area contributed by atoms with Crippen LogP contribution in [0.25, 0.3) is 11.0 Å². The van der Waals surface area contributed by atoms with Crippen molar-refractivity contribution in [1.29, 1.82) is 0 Å². The van der Waals surface area contributed by atoms with Crippen LogP contribution in [-0.2, 0) is 14.8 Å². The van der Waals surface area contributed by atoms with E-state index < -0.39 is 10.0 Å². The van der Waals surface area contributed by atoms with Gasteiger partial charge in [-0.3, -0.25) is 9.69 Å². The molecule has 0 saturated carbocycles. The second-order valence-electron chi connectivity index (χ2n) is 7.53. The van der Waals surface area contributed by atoms with Crippen molar-refractivity contribution in [3.05, 3.63) is 24.5 Å². The molecule has 0 radical (unpaired) electrons. The van der Waals surface area contributed by atoms with Crippen LogP contribution in [0.15, 0.2) is 29.4 Å². The maximum atomic E-state index is 13.1. The first kappa shape index (κ1) is 19.4. The number of aromatic amines is 1. The van der Waals surface area contributed by atoms with Crippen molar-refractivity contribution < 1.29 is 13.2 Å². The standard InChI is InChI=1S/C19H27N5O3S/c25-18(23-8-3-1-2-4-9-23)15-22-10-12-24(13-11-22)28(26,27)17-14-21-19-16(17)6-5-7-20-19/h5-7,14H,1-4,8-13,15H2,(H,20,21). The van der Waals surface area contributed by atoms with Gasteiger partial charge in [0.2, 0.25) is 15.9 Å². The normalized spacial score (nSPS) is 20.4. The van der Waals surface area contributed by atoms with Crippen LogP contribution in [0.1, 0.15) is 25.7 Å². The summed E-state index contributed by atoms with van der Waals surface area (Å²) in [6.45, 7) is 4.00. The number of sulfonamides is 1. The number of nitrogens with one attached hydrogen (secondary N) is 1. The zero-order chi connectivity index (χ0) is 19.6. The van der Waals surface area contributed by atoms with Crippen LogP contribution < -0.4 is 0 Å². The number of rotatable bonds is 4. The minimum Gasteiger partial charge on any atom is -0.345 e. The largest absolute Gasteiger partial charge is 0.345 e. The minimum absolute atomic E-state index is 0.168. The lowest BCUT2D eigenvalue weighted by atomic mass is 10.2. The molecule has 9 heteroatoms. The lowest BCUT2D eigenvalue weighted by molar-refractivity contribution is -0.132. The van der Waals surface area contributed by atoms with E-state index in [9.17, 15) is 13.2 Å². The van der Waals surface area contributed by atoms with Crippen LogP contribution in [0.4, 0.5) is 0 Å². The molecule has 8 nitrogen and oxygen atoms in total. The molecule has 0 aliphatic carbocycles. The summed E-state index contributed by atoms with van der Waals surface area (Å²) >= 11 is 0. The van der Waals surface area contributed by atoms with Gasteiger partial charge in [-0.25, -0.2) is 13.4 Å². The predicted octanol–water partition coefficient (Wildman–Crippen LogP) is 1.27. The summed E-state index contributed by atoms with van der Waals surface area (Å²) in [6.07, 6.45) is 7.71. The van der Waals surface area contributed by atoms with Crippen molar-refractivity contribution >= 4 is 27.0 Å². The number of fused-ring (bicyclic) bond motifs is 1. The Morgan fingerprint density at radius 1 is 1.04 bits per heavy atom. The number of hydrogen-bond acceptors (Lipinski definition) is 5. The third-order valence-corrected chi connectivity index (χ3v) is 7.62. The number of likely N-dealkylation sites (tertiary alicyclic amines) is 1. The lowest BCUT2D eigenvalue weighted by Gasteiger charge is -2.34. The summed E-state index contributed by atoms with van der Waals surface area (Å²) in [5.74, 6) is 0.168. The molecule has 2 fully saturated rings. The molecule has 1 amide bonds. The highest BCUT2D eigenvalue weighted by Crippen LogP contribution is 2.25. The molecule has 28 heavy (non-hydrogen) atoms. The maximum Gasteiger partial charge on any atom is 0.245 e. The van der Waals surface area contributed by atoms with E-state index in [0.29, 0.717) is 43.8 Å². The number of piperazine rings is 1. The molecule has 4 heterocycles. The first-order valence-corrected chi connectivity index (χ1v) is 11.4. The Balaban J connectivity index is 1.37. The van der Waals surface area contributed by atoms with Gasteiger partial charge in [0, 0.05) is 57.0 Å². The van der Waals surface area contributed by atoms with E-state index in [-0.39, 0.29) is 10.8 Å². The van der Waals surface area contributed by atoms with Gasteiger partial charge >= 0.3 is 0 Å². The fraction of sp³-hybridized carbons (Fsp3) is 0.579. The molecule has 2 saturated heterocycles. The lowest BCUT2D eigenvalue weighted by Crippen LogP contribution is -2.51. The molecule has 2 aromatic rings. The van der Waals surface area contributed by atoms with Gasteiger partial charge in [-0.15, -0.1) is 0 Å². The Hall–Kier alpha value is -1.97. The average Bonchev–Trinajstić information content (AvgIpc) is 2.95. The molecule has 0 unspecified atom stereocenters. The van der Waals surface area contributed by atoms with Crippen LogP contribution in [0.3, 0.4) is 0 Å². The van der Waals surface area contributed by atoms with Gasteiger partial charge in [0.15, 0.2) is 0 Å². The minimum atomic E-state index is -3.58. The molecule has 1 N–H and O–H groups in total.